The molecule has 0 radical (unpaired) electrons. The van der Waals surface area contributed by atoms with Crippen molar-refractivity contribution in [2.24, 2.45) is 5.92 Å². The molecule has 2 aromatic heterocycles. The van der Waals surface area contributed by atoms with Gasteiger partial charge in [-0.2, -0.15) is 0 Å². The minimum absolute atomic E-state index is 0.0749. The average Bonchev–Trinajstić information content (AvgIpc) is 3.51. The quantitative estimate of drug-likeness (QED) is 0.177. The van der Waals surface area contributed by atoms with Crippen molar-refractivity contribution in [3.63, 3.8) is 0 Å². The average molecular weight is 673 g/mol. The molecule has 2 fully saturated rings. The standard InChI is InChI=1S/C37H45FN6O5/c1-4-24-16-26(12-11-23(24)3)39-33-19-34(45)44(37(49)40-33)15-8-6-7-13-42-14-9-10-25-20-43(22-32(25)42)31-18-30-27(17-29(31)38)35(46)28(36(47)48)21-41(30)5-2/h11-12,16-19,21,25,32,39H,4-10,13-15,20,22H2,1-3H3,(H,40,49)(H,47,48). The topological polar surface area (TPSA) is 133 Å². The van der Waals surface area contributed by atoms with E-state index in [0.717, 1.165) is 50.9 Å². The van der Waals surface area contributed by atoms with Crippen LogP contribution in [0.4, 0.5) is 21.6 Å². The zero-order chi connectivity index (χ0) is 34.8. The normalized spacial score (nSPS) is 17.8. The first-order chi connectivity index (χ1) is 23.6. The first-order valence-electron chi connectivity index (χ1n) is 17.4. The molecule has 2 aromatic carbocycles. The summed E-state index contributed by atoms with van der Waals surface area (Å²) in [5.41, 5.74) is 2.39. The van der Waals surface area contributed by atoms with Crippen LogP contribution in [0.25, 0.3) is 10.9 Å². The summed E-state index contributed by atoms with van der Waals surface area (Å²) in [5, 5.41) is 12.7. The summed E-state index contributed by atoms with van der Waals surface area (Å²) in [5.74, 6) is -1.08. The number of aromatic amines is 1. The van der Waals surface area contributed by atoms with Gasteiger partial charge in [0.1, 0.15) is 17.2 Å². The molecule has 4 heterocycles. The Labute approximate surface area is 284 Å². The lowest BCUT2D eigenvalue weighted by atomic mass is 9.92. The summed E-state index contributed by atoms with van der Waals surface area (Å²) < 4.78 is 18.5. The maximum Gasteiger partial charge on any atom is 0.341 e. The molecule has 3 N–H and O–H groups in total. The minimum atomic E-state index is -1.32. The second-order valence-electron chi connectivity index (χ2n) is 13.4. The highest BCUT2D eigenvalue weighted by molar-refractivity contribution is 5.93. The molecule has 12 heteroatoms. The van der Waals surface area contributed by atoms with Crippen LogP contribution in [-0.2, 0) is 19.5 Å². The predicted molar refractivity (Wildman–Crippen MR) is 190 cm³/mol. The monoisotopic (exact) mass is 672 g/mol. The van der Waals surface area contributed by atoms with Crippen molar-refractivity contribution in [1.82, 2.24) is 19.0 Å². The maximum atomic E-state index is 15.5. The number of H-pyrrole nitrogens is 1. The number of unbranched alkanes of at least 4 members (excludes halogenated alkanes) is 2. The highest BCUT2D eigenvalue weighted by atomic mass is 19.1. The zero-order valence-corrected chi connectivity index (χ0v) is 28.4. The molecule has 11 nitrogen and oxygen atoms in total. The van der Waals surface area contributed by atoms with Crippen molar-refractivity contribution < 1.29 is 14.3 Å². The lowest BCUT2D eigenvalue weighted by molar-refractivity contribution is 0.0695. The van der Waals surface area contributed by atoms with Crippen LogP contribution in [0, 0.1) is 18.7 Å². The Morgan fingerprint density at radius 1 is 1.04 bits per heavy atom. The number of nitrogens with zero attached hydrogens (tertiary/aromatic N) is 4. The maximum absolute atomic E-state index is 15.5. The van der Waals surface area contributed by atoms with E-state index >= 15 is 4.39 Å². The van der Waals surface area contributed by atoms with Gasteiger partial charge < -0.3 is 19.9 Å². The van der Waals surface area contributed by atoms with Gasteiger partial charge in [0.25, 0.3) is 5.56 Å². The molecule has 2 saturated heterocycles. The molecule has 6 rings (SSSR count). The molecule has 4 aromatic rings. The molecule has 0 amide bonds. The number of aromatic nitrogens is 3. The lowest BCUT2D eigenvalue weighted by Crippen LogP contribution is -2.45. The molecule has 2 unspecified atom stereocenters. The number of carbonyl (C=O) groups is 1. The smallest absolute Gasteiger partial charge is 0.341 e. The van der Waals surface area contributed by atoms with Crippen LogP contribution in [0.5, 0.6) is 0 Å². The third kappa shape index (κ3) is 7.05. The van der Waals surface area contributed by atoms with Crippen molar-refractivity contribution in [1.29, 1.82) is 0 Å². The number of nitrogens with one attached hydrogen (secondary N) is 2. The van der Waals surface area contributed by atoms with Crippen LogP contribution in [0.2, 0.25) is 0 Å². The third-order valence-corrected chi connectivity index (χ3v) is 10.3. The van der Waals surface area contributed by atoms with Crippen molar-refractivity contribution >= 4 is 34.1 Å². The van der Waals surface area contributed by atoms with Crippen molar-refractivity contribution in [2.45, 2.75) is 78.4 Å². The highest BCUT2D eigenvalue weighted by Crippen LogP contribution is 2.36. The Kier molecular flexibility index (Phi) is 10.0. The van der Waals surface area contributed by atoms with Gasteiger partial charge in [0.15, 0.2) is 0 Å². The number of carboxylic acid groups (broad SMARTS) is 1. The fourth-order valence-corrected chi connectivity index (χ4v) is 7.65. The minimum Gasteiger partial charge on any atom is -0.477 e. The van der Waals surface area contributed by atoms with Crippen molar-refractivity contribution in [2.75, 3.05) is 36.4 Å². The van der Waals surface area contributed by atoms with E-state index in [0.29, 0.717) is 55.5 Å². The molecule has 2 atom stereocenters. The number of likely N-dealkylation sites (tertiary alicyclic amines) is 1. The molecule has 2 aliphatic rings. The van der Waals surface area contributed by atoms with Crippen LogP contribution in [0.3, 0.4) is 0 Å². The van der Waals surface area contributed by atoms with Crippen LogP contribution >= 0.6 is 0 Å². The zero-order valence-electron chi connectivity index (χ0n) is 28.4. The summed E-state index contributed by atoms with van der Waals surface area (Å²) in [6.45, 7) is 10.0. The summed E-state index contributed by atoms with van der Waals surface area (Å²) in [4.78, 5) is 57.4. The summed E-state index contributed by atoms with van der Waals surface area (Å²) >= 11 is 0. The third-order valence-electron chi connectivity index (χ3n) is 10.3. The van der Waals surface area contributed by atoms with Gasteiger partial charge in [-0.05, 0) is 100 Å². The Morgan fingerprint density at radius 2 is 1.84 bits per heavy atom. The molecule has 2 aliphatic heterocycles. The molecule has 0 saturated carbocycles. The summed E-state index contributed by atoms with van der Waals surface area (Å²) in [7, 11) is 0. The number of rotatable bonds is 12. The number of halogens is 1. The number of hydrogen-bond acceptors (Lipinski definition) is 7. The van der Waals surface area contributed by atoms with Crippen LogP contribution in [0.15, 0.2) is 57.0 Å². The number of benzene rings is 2. The molecular weight excluding hydrogens is 627 g/mol. The van der Waals surface area contributed by atoms with Crippen molar-refractivity contribution in [3.05, 3.63) is 96.2 Å². The molecule has 0 spiro atoms. The van der Waals surface area contributed by atoms with E-state index in [1.54, 1.807) is 10.6 Å². The van der Waals surface area contributed by atoms with Crippen LogP contribution in [-0.4, -0.2) is 62.3 Å². The van der Waals surface area contributed by atoms with Gasteiger partial charge in [0.05, 0.1) is 11.2 Å². The van der Waals surface area contributed by atoms with E-state index in [2.05, 4.69) is 33.9 Å². The van der Waals surface area contributed by atoms with Gasteiger partial charge >= 0.3 is 11.7 Å². The van der Waals surface area contributed by atoms with E-state index in [1.807, 2.05) is 25.1 Å². The molecule has 260 valence electrons. The van der Waals surface area contributed by atoms with Gasteiger partial charge in [0, 0.05) is 55.6 Å². The number of aromatic carboxylic acids is 1. The number of fused-ring (bicyclic) bond motifs is 2. The van der Waals surface area contributed by atoms with Gasteiger partial charge in [0.2, 0.25) is 5.43 Å². The van der Waals surface area contributed by atoms with Gasteiger partial charge in [-0.25, -0.2) is 14.0 Å². The summed E-state index contributed by atoms with van der Waals surface area (Å²) in [6, 6.07) is 10.6. The van der Waals surface area contributed by atoms with E-state index in [9.17, 15) is 24.3 Å². The Hall–Kier alpha value is -4.71. The second-order valence-corrected chi connectivity index (χ2v) is 13.4. The van der Waals surface area contributed by atoms with E-state index in [1.165, 1.54) is 34.0 Å². The fraction of sp³-hybridized carbons (Fsp3) is 0.459. The van der Waals surface area contributed by atoms with E-state index in [-0.39, 0.29) is 22.6 Å². The first-order valence-corrected chi connectivity index (χ1v) is 17.4. The number of carboxylic acids is 1. The molecular formula is C37H45FN6O5. The first kappa shape index (κ1) is 34.2. The lowest BCUT2D eigenvalue weighted by Gasteiger charge is -2.36. The number of pyridine rings is 1. The highest BCUT2D eigenvalue weighted by Gasteiger charge is 2.39. The number of anilines is 3. The molecule has 49 heavy (non-hydrogen) atoms. The van der Waals surface area contributed by atoms with E-state index < -0.39 is 22.9 Å². The van der Waals surface area contributed by atoms with Crippen LogP contribution in [0.1, 0.15) is 67.4 Å². The van der Waals surface area contributed by atoms with Crippen molar-refractivity contribution in [3.8, 4) is 0 Å². The van der Waals surface area contributed by atoms with Gasteiger partial charge in [-0.15, -0.1) is 0 Å². The second kappa shape index (κ2) is 14.4. The number of piperidine rings is 1. The van der Waals surface area contributed by atoms with Gasteiger partial charge in [-0.1, -0.05) is 19.4 Å². The molecule has 0 bridgehead atoms. The Bertz CT molecular complexity index is 2020. The Balaban J connectivity index is 1.06. The predicted octanol–water partition coefficient (Wildman–Crippen LogP) is 5.09. The van der Waals surface area contributed by atoms with E-state index in [4.69, 9.17) is 0 Å². The van der Waals surface area contributed by atoms with Crippen LogP contribution < -0.4 is 26.9 Å². The fourth-order valence-electron chi connectivity index (χ4n) is 7.65. The SMILES string of the molecule is CCc1cc(Nc2cc(=O)n(CCCCCN3CCCC4CN(c5cc6c(cc5F)c(=O)c(C(=O)O)cn6CC)CC43)c(=O)[nH]2)ccc1C. The van der Waals surface area contributed by atoms with Gasteiger partial charge in [-0.3, -0.25) is 24.0 Å². The largest absolute Gasteiger partial charge is 0.477 e. The number of aryl methyl sites for hydroxylation is 3. The Morgan fingerprint density at radius 3 is 2.57 bits per heavy atom. The number of hydrogen-bond donors (Lipinski definition) is 3. The summed E-state index contributed by atoms with van der Waals surface area (Å²) in [6.07, 6.45) is 6.84. The molecule has 0 aliphatic carbocycles.